The highest BCUT2D eigenvalue weighted by molar-refractivity contribution is 5.74. The number of hydrogen-bond donors (Lipinski definition) is 2. The average Bonchev–Trinajstić information content (AvgIpc) is 2.92. The zero-order valence-electron chi connectivity index (χ0n) is 13.2. The van der Waals surface area contributed by atoms with E-state index in [1.54, 1.807) is 0 Å². The fourth-order valence-electron chi connectivity index (χ4n) is 2.79. The molecule has 0 unspecified atom stereocenters. The quantitative estimate of drug-likeness (QED) is 0.752. The lowest BCUT2D eigenvalue weighted by Gasteiger charge is -2.37. The van der Waals surface area contributed by atoms with Gasteiger partial charge in [0.2, 0.25) is 0 Å². The minimum atomic E-state index is -0.429. The van der Waals surface area contributed by atoms with Gasteiger partial charge >= 0.3 is 6.03 Å². The molecule has 0 aromatic heterocycles. The number of nitrogens with zero attached hydrogens (tertiary/aromatic N) is 1. The van der Waals surface area contributed by atoms with Crippen LogP contribution in [0.15, 0.2) is 0 Å². The number of carbonyl (C=O) groups excluding carboxylic acids is 1. The van der Waals surface area contributed by atoms with Crippen molar-refractivity contribution in [3.05, 3.63) is 0 Å². The maximum Gasteiger partial charge on any atom is 0.317 e. The molecule has 2 fully saturated rings. The number of nitrogens with one attached hydrogen (secondary N) is 1. The molecule has 2 saturated heterocycles. The molecular weight excluding hydrogens is 272 g/mol. The van der Waals surface area contributed by atoms with Crippen LogP contribution < -0.4 is 5.32 Å². The second kappa shape index (κ2) is 6.94. The van der Waals surface area contributed by atoms with Crippen LogP contribution in [-0.4, -0.2) is 61.3 Å². The van der Waals surface area contributed by atoms with Crippen molar-refractivity contribution in [3.8, 4) is 0 Å². The van der Waals surface area contributed by atoms with Gasteiger partial charge in [-0.15, -0.1) is 0 Å². The van der Waals surface area contributed by atoms with E-state index < -0.39 is 5.79 Å². The molecule has 21 heavy (non-hydrogen) atoms. The SMILES string of the molecule is CC(C)(CO)CCCNC(=O)N1CCC2(CC1)OCCO2. The molecule has 0 radical (unpaired) electrons. The highest BCUT2D eigenvalue weighted by atomic mass is 16.7. The summed E-state index contributed by atoms with van der Waals surface area (Å²) in [5, 5.41) is 12.1. The lowest BCUT2D eigenvalue weighted by molar-refractivity contribution is -0.181. The molecule has 2 amide bonds. The molecule has 2 aliphatic heterocycles. The maximum atomic E-state index is 12.1. The molecule has 1 spiro atoms. The third-order valence-corrected chi connectivity index (χ3v) is 4.36. The van der Waals surface area contributed by atoms with Crippen LogP contribution >= 0.6 is 0 Å². The van der Waals surface area contributed by atoms with Crippen LogP contribution in [0, 0.1) is 5.41 Å². The first-order valence-electron chi connectivity index (χ1n) is 7.88. The Hall–Kier alpha value is -0.850. The van der Waals surface area contributed by atoms with Crippen LogP contribution in [-0.2, 0) is 9.47 Å². The molecule has 2 heterocycles. The predicted octanol–water partition coefficient (Wildman–Crippen LogP) is 1.33. The van der Waals surface area contributed by atoms with Crippen molar-refractivity contribution in [2.75, 3.05) is 39.5 Å². The smallest absolute Gasteiger partial charge is 0.317 e. The van der Waals surface area contributed by atoms with E-state index in [9.17, 15) is 9.90 Å². The van der Waals surface area contributed by atoms with E-state index in [0.717, 1.165) is 25.7 Å². The molecule has 2 rings (SSSR count). The molecule has 0 bridgehead atoms. The average molecular weight is 300 g/mol. The summed E-state index contributed by atoms with van der Waals surface area (Å²) in [7, 11) is 0. The Morgan fingerprint density at radius 1 is 1.29 bits per heavy atom. The maximum absolute atomic E-state index is 12.1. The molecule has 2 N–H and O–H groups in total. The van der Waals surface area contributed by atoms with E-state index in [-0.39, 0.29) is 18.1 Å². The van der Waals surface area contributed by atoms with Gasteiger partial charge in [-0.1, -0.05) is 13.8 Å². The van der Waals surface area contributed by atoms with Gasteiger partial charge in [0.15, 0.2) is 5.79 Å². The number of piperidine rings is 1. The van der Waals surface area contributed by atoms with Crippen molar-refractivity contribution in [2.24, 2.45) is 5.41 Å². The normalized spacial score (nSPS) is 21.8. The van der Waals surface area contributed by atoms with Gasteiger partial charge in [0, 0.05) is 39.1 Å². The Morgan fingerprint density at radius 3 is 2.48 bits per heavy atom. The first-order valence-corrected chi connectivity index (χ1v) is 7.88. The molecule has 0 aromatic carbocycles. The number of rotatable bonds is 5. The number of ether oxygens (including phenoxy) is 2. The Bertz CT molecular complexity index is 344. The number of carbonyl (C=O) groups is 1. The minimum Gasteiger partial charge on any atom is -0.396 e. The van der Waals surface area contributed by atoms with Crippen molar-refractivity contribution in [1.29, 1.82) is 0 Å². The fourth-order valence-corrected chi connectivity index (χ4v) is 2.79. The van der Waals surface area contributed by atoms with Crippen molar-refractivity contribution < 1.29 is 19.4 Å². The van der Waals surface area contributed by atoms with Gasteiger partial charge in [0.05, 0.1) is 13.2 Å². The molecular formula is C15H28N2O4. The Labute approximate surface area is 126 Å². The van der Waals surface area contributed by atoms with Crippen LogP contribution in [0.25, 0.3) is 0 Å². The molecule has 6 heteroatoms. The van der Waals surface area contributed by atoms with Gasteiger partial charge in [-0.3, -0.25) is 0 Å². The van der Waals surface area contributed by atoms with Crippen LogP contribution in [0.3, 0.4) is 0 Å². The van der Waals surface area contributed by atoms with E-state index in [2.05, 4.69) is 5.32 Å². The molecule has 0 saturated carbocycles. The third-order valence-electron chi connectivity index (χ3n) is 4.36. The Balaban J connectivity index is 1.63. The van der Waals surface area contributed by atoms with Gasteiger partial charge in [-0.05, 0) is 18.3 Å². The van der Waals surface area contributed by atoms with Crippen LogP contribution in [0.4, 0.5) is 4.79 Å². The molecule has 6 nitrogen and oxygen atoms in total. The van der Waals surface area contributed by atoms with Gasteiger partial charge < -0.3 is 24.8 Å². The zero-order chi connectivity index (χ0) is 15.3. The predicted molar refractivity (Wildman–Crippen MR) is 78.9 cm³/mol. The van der Waals surface area contributed by atoms with E-state index >= 15 is 0 Å². The van der Waals surface area contributed by atoms with E-state index in [1.807, 2.05) is 18.7 Å². The largest absolute Gasteiger partial charge is 0.396 e. The Morgan fingerprint density at radius 2 is 1.90 bits per heavy atom. The third kappa shape index (κ3) is 4.56. The molecule has 0 aromatic rings. The standard InChI is InChI=1S/C15H28N2O4/c1-14(2,12-18)4-3-7-16-13(19)17-8-5-15(6-9-17)20-10-11-21-15/h18H,3-12H2,1-2H3,(H,16,19). The summed E-state index contributed by atoms with van der Waals surface area (Å²) in [4.78, 5) is 13.9. The minimum absolute atomic E-state index is 0.00958. The fraction of sp³-hybridized carbons (Fsp3) is 0.933. The van der Waals surface area contributed by atoms with Gasteiger partial charge in [-0.25, -0.2) is 4.79 Å². The van der Waals surface area contributed by atoms with E-state index in [0.29, 0.717) is 32.8 Å². The van der Waals surface area contributed by atoms with Crippen molar-refractivity contribution in [2.45, 2.75) is 45.3 Å². The second-order valence-electron chi connectivity index (χ2n) is 6.75. The Kier molecular flexibility index (Phi) is 5.46. The summed E-state index contributed by atoms with van der Waals surface area (Å²) in [6.07, 6.45) is 3.27. The molecule has 2 aliphatic rings. The number of likely N-dealkylation sites (tertiary alicyclic amines) is 1. The number of aliphatic hydroxyl groups excluding tert-OH is 1. The lowest BCUT2D eigenvalue weighted by Crippen LogP contribution is -2.50. The van der Waals surface area contributed by atoms with E-state index in [1.165, 1.54) is 0 Å². The topological polar surface area (TPSA) is 71.0 Å². The van der Waals surface area contributed by atoms with Gasteiger partial charge in [-0.2, -0.15) is 0 Å². The summed E-state index contributed by atoms with van der Waals surface area (Å²) in [6.45, 7) is 7.55. The van der Waals surface area contributed by atoms with Crippen molar-refractivity contribution >= 4 is 6.03 Å². The molecule has 122 valence electrons. The summed E-state index contributed by atoms with van der Waals surface area (Å²) in [5.74, 6) is -0.429. The summed E-state index contributed by atoms with van der Waals surface area (Å²) in [6, 6.07) is -0.00958. The number of aliphatic hydroxyl groups is 1. The first-order chi connectivity index (χ1) is 9.96. The highest BCUT2D eigenvalue weighted by Gasteiger charge is 2.40. The monoisotopic (exact) mass is 300 g/mol. The zero-order valence-corrected chi connectivity index (χ0v) is 13.2. The van der Waals surface area contributed by atoms with Gasteiger partial charge in [0.25, 0.3) is 0 Å². The summed E-state index contributed by atoms with van der Waals surface area (Å²) >= 11 is 0. The van der Waals surface area contributed by atoms with Crippen molar-refractivity contribution in [3.63, 3.8) is 0 Å². The number of hydrogen-bond acceptors (Lipinski definition) is 4. The summed E-state index contributed by atoms with van der Waals surface area (Å²) in [5.41, 5.74) is -0.0701. The molecule has 0 aliphatic carbocycles. The first kappa shape index (κ1) is 16.5. The number of urea groups is 1. The summed E-state index contributed by atoms with van der Waals surface area (Å²) < 4.78 is 11.3. The van der Waals surface area contributed by atoms with E-state index in [4.69, 9.17) is 9.47 Å². The second-order valence-corrected chi connectivity index (χ2v) is 6.75. The van der Waals surface area contributed by atoms with Crippen LogP contribution in [0.5, 0.6) is 0 Å². The molecule has 0 atom stereocenters. The highest BCUT2D eigenvalue weighted by Crippen LogP contribution is 2.31. The van der Waals surface area contributed by atoms with Gasteiger partial charge in [0.1, 0.15) is 0 Å². The van der Waals surface area contributed by atoms with Crippen LogP contribution in [0.2, 0.25) is 0 Å². The lowest BCUT2D eigenvalue weighted by atomic mass is 9.89. The van der Waals surface area contributed by atoms with Crippen molar-refractivity contribution in [1.82, 2.24) is 10.2 Å². The number of amides is 2. The van der Waals surface area contributed by atoms with Crippen LogP contribution in [0.1, 0.15) is 39.5 Å².